The molecule has 6 heteroatoms. The van der Waals surface area contributed by atoms with Gasteiger partial charge in [0, 0.05) is 45.5 Å². The van der Waals surface area contributed by atoms with Crippen LogP contribution in [0, 0.1) is 0 Å². The molecule has 0 radical (unpaired) electrons. The third-order valence-corrected chi connectivity index (χ3v) is 6.67. The number of H-pyrrole nitrogens is 2. The average molecular weight is 441 g/mol. The predicted octanol–water partition coefficient (Wildman–Crippen LogP) is 3.96. The minimum Gasteiger partial charge on any atom is -0.309 e. The predicted molar refractivity (Wildman–Crippen MR) is 129 cm³/mol. The molecule has 0 aliphatic rings. The quantitative estimate of drug-likeness (QED) is 0.447. The van der Waals surface area contributed by atoms with E-state index in [1.54, 1.807) is 0 Å². The summed E-state index contributed by atoms with van der Waals surface area (Å²) >= 11 is 3.80. The maximum atomic E-state index is 3.34. The van der Waals surface area contributed by atoms with Crippen molar-refractivity contribution >= 4 is 23.5 Å². The topological polar surface area (TPSA) is 34.8 Å². The number of hydrogen-bond donors (Lipinski definition) is 0. The lowest BCUT2D eigenvalue weighted by Crippen LogP contribution is -2.19. The second-order valence-corrected chi connectivity index (χ2v) is 10.1. The summed E-state index contributed by atoms with van der Waals surface area (Å²) in [6, 6.07) is 19.8. The number of nitrogens with zero attached hydrogens (tertiary/aromatic N) is 2. The van der Waals surface area contributed by atoms with Gasteiger partial charge in [-0.25, -0.2) is 0 Å². The molecule has 30 heavy (non-hydrogen) atoms. The normalized spacial score (nSPS) is 11.4. The smallest absolute Gasteiger partial charge is 0.309 e. The maximum absolute atomic E-state index is 3.34. The minimum atomic E-state index is 1.09. The van der Waals surface area contributed by atoms with Gasteiger partial charge in [-0.2, -0.15) is 9.97 Å². The van der Waals surface area contributed by atoms with Crippen molar-refractivity contribution in [3.8, 4) is 22.5 Å². The SMILES string of the molecule is CN(C)CCSc1ccc(-c2cc(-c3ccc(SCCN(C)C)cc3)[nH+]c[nH+]2)cc1. The van der Waals surface area contributed by atoms with Gasteiger partial charge >= 0.3 is 6.33 Å². The van der Waals surface area contributed by atoms with Crippen LogP contribution >= 0.6 is 23.5 Å². The van der Waals surface area contributed by atoms with E-state index < -0.39 is 0 Å². The first-order valence-electron chi connectivity index (χ1n) is 10.2. The van der Waals surface area contributed by atoms with Crippen LogP contribution in [-0.4, -0.2) is 62.6 Å². The number of nitrogens with one attached hydrogen (secondary N) is 2. The maximum Gasteiger partial charge on any atom is 0.404 e. The molecule has 0 aliphatic carbocycles. The molecule has 1 heterocycles. The Balaban J connectivity index is 1.65. The molecule has 0 amide bonds. The fraction of sp³-hybridized carbons (Fsp3) is 0.333. The molecule has 0 bridgehead atoms. The third kappa shape index (κ3) is 7.13. The Labute approximate surface area is 189 Å². The number of aromatic nitrogens is 2. The van der Waals surface area contributed by atoms with E-state index in [0.717, 1.165) is 36.0 Å². The Morgan fingerprint density at radius 3 is 1.40 bits per heavy atom. The third-order valence-electron chi connectivity index (χ3n) is 4.69. The van der Waals surface area contributed by atoms with Gasteiger partial charge in [-0.1, -0.05) is 0 Å². The summed E-state index contributed by atoms with van der Waals surface area (Å²) in [6.07, 6.45) is 1.91. The summed E-state index contributed by atoms with van der Waals surface area (Å²) < 4.78 is 0. The second-order valence-electron chi connectivity index (χ2n) is 7.76. The van der Waals surface area contributed by atoms with Crippen molar-refractivity contribution in [3.05, 3.63) is 60.9 Å². The van der Waals surface area contributed by atoms with Crippen LogP contribution in [0.5, 0.6) is 0 Å². The Hall–Kier alpha value is -1.86. The zero-order chi connectivity index (χ0) is 21.3. The number of hydrogen-bond acceptors (Lipinski definition) is 4. The highest BCUT2D eigenvalue weighted by atomic mass is 32.2. The number of thioether (sulfide) groups is 2. The van der Waals surface area contributed by atoms with E-state index in [4.69, 9.17) is 0 Å². The van der Waals surface area contributed by atoms with Crippen LogP contribution in [0.15, 0.2) is 70.7 Å². The van der Waals surface area contributed by atoms with Crippen LogP contribution in [0.3, 0.4) is 0 Å². The van der Waals surface area contributed by atoms with Gasteiger partial charge < -0.3 is 9.80 Å². The van der Waals surface area contributed by atoms with E-state index in [0.29, 0.717) is 0 Å². The summed E-state index contributed by atoms with van der Waals surface area (Å²) in [4.78, 5) is 13.7. The molecule has 0 aliphatic heterocycles. The summed E-state index contributed by atoms with van der Waals surface area (Å²) in [7, 11) is 8.45. The van der Waals surface area contributed by atoms with Gasteiger partial charge in [0.25, 0.3) is 0 Å². The lowest BCUT2D eigenvalue weighted by molar-refractivity contribution is -0.518. The van der Waals surface area contributed by atoms with Crippen LogP contribution in [0.1, 0.15) is 0 Å². The van der Waals surface area contributed by atoms with Crippen molar-refractivity contribution in [3.63, 3.8) is 0 Å². The highest BCUT2D eigenvalue weighted by molar-refractivity contribution is 7.99. The molecule has 2 aromatic carbocycles. The molecule has 3 aromatic rings. The van der Waals surface area contributed by atoms with Gasteiger partial charge in [-0.15, -0.1) is 23.5 Å². The standard InChI is InChI=1S/C24H30N4S2/c1-27(2)13-15-29-21-9-5-19(6-10-21)23-17-24(26-18-25-23)20-7-11-22(12-8-20)30-16-14-28(3)4/h5-12,17-18H,13-16H2,1-4H3/p+2. The monoisotopic (exact) mass is 440 g/mol. The molecule has 0 saturated carbocycles. The largest absolute Gasteiger partial charge is 0.404 e. The molecule has 2 N–H and O–H groups in total. The molecule has 4 nitrogen and oxygen atoms in total. The molecular formula is C24H32N4S2+2. The average Bonchev–Trinajstić information content (AvgIpc) is 2.74. The Bertz CT molecular complexity index is 836. The zero-order valence-electron chi connectivity index (χ0n) is 18.3. The van der Waals surface area contributed by atoms with Gasteiger partial charge in [0.05, 0.1) is 6.07 Å². The second kappa shape index (κ2) is 11.5. The highest BCUT2D eigenvalue weighted by Crippen LogP contribution is 2.25. The van der Waals surface area contributed by atoms with E-state index in [1.165, 1.54) is 20.9 Å². The van der Waals surface area contributed by atoms with E-state index in [-0.39, 0.29) is 0 Å². The van der Waals surface area contributed by atoms with Crippen LogP contribution < -0.4 is 9.97 Å². The van der Waals surface area contributed by atoms with Crippen molar-refractivity contribution in [2.24, 2.45) is 0 Å². The molecule has 0 atom stereocenters. The van der Waals surface area contributed by atoms with Gasteiger partial charge in [-0.05, 0) is 76.7 Å². The summed E-state index contributed by atoms with van der Waals surface area (Å²) in [5.41, 5.74) is 4.60. The molecule has 0 fully saturated rings. The van der Waals surface area contributed by atoms with Crippen LogP contribution in [-0.2, 0) is 0 Å². The van der Waals surface area contributed by atoms with Gasteiger partial charge in [-0.3, -0.25) is 0 Å². The molecule has 1 aromatic heterocycles. The first kappa shape index (κ1) is 22.8. The van der Waals surface area contributed by atoms with Crippen molar-refractivity contribution in [1.29, 1.82) is 0 Å². The van der Waals surface area contributed by atoms with Crippen LogP contribution in [0.4, 0.5) is 0 Å². The van der Waals surface area contributed by atoms with Crippen molar-refractivity contribution in [2.75, 3.05) is 52.8 Å². The lowest BCUT2D eigenvalue weighted by Gasteiger charge is -2.08. The van der Waals surface area contributed by atoms with Gasteiger partial charge in [0.1, 0.15) is 0 Å². The van der Waals surface area contributed by atoms with Crippen molar-refractivity contribution in [2.45, 2.75) is 9.79 Å². The van der Waals surface area contributed by atoms with Crippen molar-refractivity contribution < 1.29 is 9.97 Å². The number of benzene rings is 2. The number of aromatic amines is 2. The zero-order valence-corrected chi connectivity index (χ0v) is 19.9. The van der Waals surface area contributed by atoms with E-state index >= 15 is 0 Å². The van der Waals surface area contributed by atoms with E-state index in [1.807, 2.05) is 29.9 Å². The first-order chi connectivity index (χ1) is 14.5. The fourth-order valence-electron chi connectivity index (χ4n) is 2.91. The fourth-order valence-corrected chi connectivity index (χ4v) is 4.95. The first-order valence-corrected chi connectivity index (χ1v) is 12.2. The minimum absolute atomic E-state index is 1.09. The van der Waals surface area contributed by atoms with Gasteiger partial charge in [0.15, 0.2) is 0 Å². The van der Waals surface area contributed by atoms with Crippen LogP contribution in [0.2, 0.25) is 0 Å². The Morgan fingerprint density at radius 1 is 0.633 bits per heavy atom. The number of rotatable bonds is 10. The summed E-state index contributed by atoms with van der Waals surface area (Å²) in [5, 5.41) is 0. The van der Waals surface area contributed by atoms with E-state index in [9.17, 15) is 0 Å². The van der Waals surface area contributed by atoms with Crippen molar-refractivity contribution in [1.82, 2.24) is 9.80 Å². The molecule has 158 valence electrons. The Morgan fingerprint density at radius 2 is 1.03 bits per heavy atom. The van der Waals surface area contributed by atoms with E-state index in [2.05, 4.69) is 103 Å². The Kier molecular flexibility index (Phi) is 8.75. The molecule has 3 rings (SSSR count). The molecule has 0 saturated heterocycles. The molecule has 0 unspecified atom stereocenters. The summed E-state index contributed by atoms with van der Waals surface area (Å²) in [5.74, 6) is 2.21. The highest BCUT2D eigenvalue weighted by Gasteiger charge is 2.13. The van der Waals surface area contributed by atoms with Crippen LogP contribution in [0.25, 0.3) is 22.5 Å². The molecule has 0 spiro atoms. The van der Waals surface area contributed by atoms with Gasteiger partial charge in [0.2, 0.25) is 11.4 Å². The molecular weight excluding hydrogens is 408 g/mol. The summed E-state index contributed by atoms with van der Waals surface area (Å²) in [6.45, 7) is 2.18. The lowest BCUT2D eigenvalue weighted by atomic mass is 10.1.